The van der Waals surface area contributed by atoms with Crippen LogP contribution in [-0.2, 0) is 0 Å². The van der Waals surface area contributed by atoms with E-state index in [1.807, 2.05) is 0 Å². The van der Waals surface area contributed by atoms with E-state index in [1.54, 1.807) is 0 Å². The van der Waals surface area contributed by atoms with Gasteiger partial charge < -0.3 is 10.0 Å². The van der Waals surface area contributed by atoms with E-state index in [4.69, 9.17) is 46.4 Å². The van der Waals surface area contributed by atoms with Crippen LogP contribution in [0.2, 0.25) is 20.1 Å². The predicted molar refractivity (Wildman–Crippen MR) is 51.9 cm³/mol. The van der Waals surface area contributed by atoms with E-state index in [1.165, 1.54) is 0 Å². The molecule has 70 valence electrons. The maximum Gasteiger partial charge on any atom is 1.00 e. The second-order valence-electron chi connectivity index (χ2n) is 2.22. The SMILES string of the molecule is [K+].[K+].[O-]B([O-])c1cc(Cl)c(Cl)c(Cl)c1Cl. The molecule has 0 aromatic heterocycles. The molecule has 0 heterocycles. The Bertz CT molecular complexity index is 350. The predicted octanol–water partition coefficient (Wildman–Crippen LogP) is -5.28. The van der Waals surface area contributed by atoms with Gasteiger partial charge in [0.05, 0.1) is 20.1 Å². The molecule has 1 rings (SSSR count). The molecule has 1 aromatic rings. The van der Waals surface area contributed by atoms with Crippen LogP contribution in [0, 0.1) is 0 Å². The quantitative estimate of drug-likeness (QED) is 0.292. The van der Waals surface area contributed by atoms with Crippen molar-refractivity contribution < 1.29 is 113 Å². The standard InChI is InChI=1S/C6HBCl4O2.2K/c8-3-1-2(7(12)13)4(9)6(11)5(3)10;;/h1H;;/q-2;2*+1. The molecule has 2 nitrogen and oxygen atoms in total. The molecule has 0 fully saturated rings. The monoisotopic (exact) mass is 334 g/mol. The van der Waals surface area contributed by atoms with Crippen LogP contribution in [-0.4, -0.2) is 7.12 Å². The minimum atomic E-state index is -2.22. The Balaban J connectivity index is 0. The summed E-state index contributed by atoms with van der Waals surface area (Å²) in [5, 5.41) is 21.0. The van der Waals surface area contributed by atoms with Gasteiger partial charge in [-0.05, 0) is 6.07 Å². The van der Waals surface area contributed by atoms with Crippen molar-refractivity contribution in [2.75, 3.05) is 0 Å². The molecule has 0 saturated carbocycles. The Labute approximate surface area is 193 Å². The van der Waals surface area contributed by atoms with Crippen LogP contribution < -0.4 is 118 Å². The average molecular weight is 336 g/mol. The van der Waals surface area contributed by atoms with Crippen molar-refractivity contribution in [3.05, 3.63) is 26.2 Å². The fourth-order valence-electron chi connectivity index (χ4n) is 0.763. The van der Waals surface area contributed by atoms with Crippen molar-refractivity contribution in [2.45, 2.75) is 0 Å². The molecule has 0 atom stereocenters. The minimum absolute atomic E-state index is 0. The summed E-state index contributed by atoms with van der Waals surface area (Å²) in [7, 11) is -2.22. The second-order valence-corrected chi connectivity index (χ2v) is 3.76. The van der Waals surface area contributed by atoms with Crippen LogP contribution in [0.3, 0.4) is 0 Å². The van der Waals surface area contributed by atoms with Crippen molar-refractivity contribution in [3.8, 4) is 0 Å². The largest absolute Gasteiger partial charge is 1.00 e. The molecule has 0 aliphatic heterocycles. The first-order valence-electron chi connectivity index (χ1n) is 3.09. The number of hydrogen-bond donors (Lipinski definition) is 0. The van der Waals surface area contributed by atoms with Crippen molar-refractivity contribution in [1.82, 2.24) is 0 Å². The molecule has 0 amide bonds. The molecular weight excluding hydrogens is 335 g/mol. The van der Waals surface area contributed by atoms with Crippen molar-refractivity contribution in [3.63, 3.8) is 0 Å². The number of rotatable bonds is 1. The van der Waals surface area contributed by atoms with Gasteiger partial charge in [0.15, 0.2) is 0 Å². The van der Waals surface area contributed by atoms with Crippen LogP contribution in [0.4, 0.5) is 0 Å². The average Bonchev–Trinajstić information content (AvgIpc) is 2.07. The van der Waals surface area contributed by atoms with Crippen LogP contribution >= 0.6 is 46.4 Å². The summed E-state index contributed by atoms with van der Waals surface area (Å²) in [6, 6.07) is 1.13. The van der Waals surface area contributed by atoms with Gasteiger partial charge in [-0.3, -0.25) is 0 Å². The summed E-state index contributed by atoms with van der Waals surface area (Å²) in [5.74, 6) is 0. The second kappa shape index (κ2) is 9.53. The van der Waals surface area contributed by atoms with Gasteiger partial charge in [-0.1, -0.05) is 53.5 Å². The maximum absolute atomic E-state index is 10.6. The van der Waals surface area contributed by atoms with E-state index < -0.39 is 7.12 Å². The third-order valence-corrected chi connectivity index (χ3v) is 3.15. The zero-order valence-electron chi connectivity index (χ0n) is 7.98. The Morgan fingerprint density at radius 1 is 0.867 bits per heavy atom. The van der Waals surface area contributed by atoms with Crippen molar-refractivity contribution >= 4 is 59.0 Å². The van der Waals surface area contributed by atoms with E-state index in [9.17, 15) is 10.0 Å². The molecule has 0 saturated heterocycles. The van der Waals surface area contributed by atoms with E-state index >= 15 is 0 Å². The normalized spacial score (nSPS) is 8.93. The molecule has 0 spiro atoms. The summed E-state index contributed by atoms with van der Waals surface area (Å²) in [6.45, 7) is 0. The first-order chi connectivity index (χ1) is 5.95. The molecule has 0 bridgehead atoms. The first-order valence-corrected chi connectivity index (χ1v) is 4.61. The molecule has 0 unspecified atom stereocenters. The Kier molecular flexibility index (Phi) is 13.3. The molecule has 1 aromatic carbocycles. The van der Waals surface area contributed by atoms with Crippen molar-refractivity contribution in [1.29, 1.82) is 0 Å². The Hall–Kier alpha value is 3.64. The summed E-state index contributed by atoms with van der Waals surface area (Å²) in [6.07, 6.45) is 0. The van der Waals surface area contributed by atoms with Gasteiger partial charge in [0.1, 0.15) is 0 Å². The Morgan fingerprint density at radius 3 is 1.73 bits per heavy atom. The molecular formula is C6HBCl4K2O2. The fourth-order valence-corrected chi connectivity index (χ4v) is 1.67. The van der Waals surface area contributed by atoms with Gasteiger partial charge in [-0.25, -0.2) is 0 Å². The van der Waals surface area contributed by atoms with Gasteiger partial charge in [0, 0.05) is 0 Å². The van der Waals surface area contributed by atoms with Crippen LogP contribution in [0.5, 0.6) is 0 Å². The number of hydrogen-bond acceptors (Lipinski definition) is 2. The topological polar surface area (TPSA) is 46.1 Å². The van der Waals surface area contributed by atoms with Crippen LogP contribution in [0.15, 0.2) is 6.07 Å². The number of benzene rings is 1. The third kappa shape index (κ3) is 5.65. The zero-order valence-corrected chi connectivity index (χ0v) is 17.3. The van der Waals surface area contributed by atoms with Gasteiger partial charge >= 0.3 is 103 Å². The maximum atomic E-state index is 10.6. The third-order valence-electron chi connectivity index (χ3n) is 1.38. The summed E-state index contributed by atoms with van der Waals surface area (Å²) < 4.78 is 0. The summed E-state index contributed by atoms with van der Waals surface area (Å²) in [4.78, 5) is 0. The van der Waals surface area contributed by atoms with E-state index in [2.05, 4.69) is 0 Å². The summed E-state index contributed by atoms with van der Waals surface area (Å²) in [5.41, 5.74) is -0.193. The van der Waals surface area contributed by atoms with Gasteiger partial charge in [0.25, 0.3) is 0 Å². The van der Waals surface area contributed by atoms with Gasteiger partial charge in [-0.2, -0.15) is 0 Å². The molecule has 0 N–H and O–H groups in total. The van der Waals surface area contributed by atoms with Gasteiger partial charge in [0.2, 0.25) is 0 Å². The van der Waals surface area contributed by atoms with E-state index in [0.717, 1.165) is 6.07 Å². The van der Waals surface area contributed by atoms with Crippen LogP contribution in [0.1, 0.15) is 0 Å². The van der Waals surface area contributed by atoms with E-state index in [0.29, 0.717) is 0 Å². The molecule has 9 heteroatoms. The molecule has 15 heavy (non-hydrogen) atoms. The van der Waals surface area contributed by atoms with E-state index in [-0.39, 0.29) is 128 Å². The van der Waals surface area contributed by atoms with Crippen molar-refractivity contribution in [2.24, 2.45) is 0 Å². The Morgan fingerprint density at radius 2 is 1.33 bits per heavy atom. The van der Waals surface area contributed by atoms with Crippen LogP contribution in [0.25, 0.3) is 0 Å². The number of halogens is 4. The van der Waals surface area contributed by atoms with Gasteiger partial charge in [-0.15, -0.1) is 5.46 Å². The molecule has 0 aliphatic carbocycles. The molecule has 0 radical (unpaired) electrons. The first kappa shape index (κ1) is 20.9. The summed E-state index contributed by atoms with van der Waals surface area (Å²) >= 11 is 22.4. The zero-order chi connectivity index (χ0) is 10.2. The molecule has 0 aliphatic rings. The minimum Gasteiger partial charge on any atom is -0.889 e. The fraction of sp³-hybridized carbons (Fsp3) is 0. The smallest absolute Gasteiger partial charge is 0.889 e.